The Kier molecular flexibility index (Phi) is 4.54. The van der Waals surface area contributed by atoms with Gasteiger partial charge >= 0.3 is 0 Å². The Hall–Kier alpha value is -0.610. The number of nitrogens with one attached hydrogen (secondary N) is 1. The summed E-state index contributed by atoms with van der Waals surface area (Å²) < 4.78 is 0. The largest absolute Gasteiger partial charge is 0.395 e. The first kappa shape index (κ1) is 12.5. The van der Waals surface area contributed by atoms with Crippen LogP contribution in [0, 0.1) is 0 Å². The molecule has 0 aliphatic carbocycles. The van der Waals surface area contributed by atoms with E-state index in [-0.39, 0.29) is 18.6 Å². The van der Waals surface area contributed by atoms with Gasteiger partial charge in [-0.05, 0) is 33.6 Å². The first-order chi connectivity index (χ1) is 7.07. The average molecular weight is 214 g/mol. The SMILES string of the molecule is CC1CCC(C)N1C(C)C(=O)NCCO. The van der Waals surface area contributed by atoms with E-state index >= 15 is 0 Å². The molecule has 1 fully saturated rings. The lowest BCUT2D eigenvalue weighted by molar-refractivity contribution is -0.127. The van der Waals surface area contributed by atoms with Crippen molar-refractivity contribution >= 4 is 5.91 Å². The van der Waals surface area contributed by atoms with Crippen LogP contribution in [0.25, 0.3) is 0 Å². The van der Waals surface area contributed by atoms with E-state index < -0.39 is 0 Å². The molecule has 0 saturated carbocycles. The van der Waals surface area contributed by atoms with E-state index in [9.17, 15) is 4.79 Å². The zero-order valence-electron chi connectivity index (χ0n) is 9.86. The number of amides is 1. The van der Waals surface area contributed by atoms with Gasteiger partial charge < -0.3 is 10.4 Å². The maximum atomic E-state index is 11.7. The lowest BCUT2D eigenvalue weighted by Crippen LogP contribution is -2.49. The van der Waals surface area contributed by atoms with Crippen LogP contribution >= 0.6 is 0 Å². The van der Waals surface area contributed by atoms with E-state index in [1.54, 1.807) is 0 Å². The van der Waals surface area contributed by atoms with Crippen LogP contribution in [-0.4, -0.2) is 47.2 Å². The third kappa shape index (κ3) is 2.92. The first-order valence-corrected chi connectivity index (χ1v) is 5.74. The second kappa shape index (κ2) is 5.47. The Balaban J connectivity index is 2.50. The number of aliphatic hydroxyl groups is 1. The summed E-state index contributed by atoms with van der Waals surface area (Å²) >= 11 is 0. The molecule has 0 spiro atoms. The molecule has 1 saturated heterocycles. The Bertz CT molecular complexity index is 211. The topological polar surface area (TPSA) is 52.6 Å². The number of likely N-dealkylation sites (tertiary alicyclic amines) is 1. The molecule has 15 heavy (non-hydrogen) atoms. The summed E-state index contributed by atoms with van der Waals surface area (Å²) in [7, 11) is 0. The summed E-state index contributed by atoms with van der Waals surface area (Å²) in [5.74, 6) is 0.0182. The number of aliphatic hydroxyl groups excluding tert-OH is 1. The first-order valence-electron chi connectivity index (χ1n) is 5.74. The van der Waals surface area contributed by atoms with Gasteiger partial charge in [-0.25, -0.2) is 0 Å². The van der Waals surface area contributed by atoms with Gasteiger partial charge in [0.15, 0.2) is 0 Å². The van der Waals surface area contributed by atoms with E-state index in [0.29, 0.717) is 18.6 Å². The number of hydrogen-bond acceptors (Lipinski definition) is 3. The van der Waals surface area contributed by atoms with Crippen LogP contribution in [0.3, 0.4) is 0 Å². The van der Waals surface area contributed by atoms with E-state index in [0.717, 1.165) is 0 Å². The van der Waals surface area contributed by atoms with Gasteiger partial charge in [0.25, 0.3) is 0 Å². The molecule has 3 atom stereocenters. The highest BCUT2D eigenvalue weighted by Crippen LogP contribution is 2.25. The summed E-state index contributed by atoms with van der Waals surface area (Å²) in [6, 6.07) is 0.869. The molecule has 0 aromatic rings. The second-order valence-electron chi connectivity index (χ2n) is 4.41. The predicted molar refractivity (Wildman–Crippen MR) is 59.6 cm³/mol. The zero-order chi connectivity index (χ0) is 11.4. The molecule has 88 valence electrons. The molecule has 1 aliphatic rings. The summed E-state index contributed by atoms with van der Waals surface area (Å²) in [6.45, 7) is 6.62. The Morgan fingerprint density at radius 3 is 2.47 bits per heavy atom. The molecule has 0 aromatic carbocycles. The maximum absolute atomic E-state index is 11.7. The van der Waals surface area contributed by atoms with Crippen LogP contribution in [0.5, 0.6) is 0 Å². The second-order valence-corrected chi connectivity index (χ2v) is 4.41. The molecule has 4 heteroatoms. The summed E-state index contributed by atoms with van der Waals surface area (Å²) in [5.41, 5.74) is 0. The molecule has 0 bridgehead atoms. The normalized spacial score (nSPS) is 29.1. The Morgan fingerprint density at radius 1 is 1.47 bits per heavy atom. The molecule has 0 aromatic heterocycles. The number of hydrogen-bond donors (Lipinski definition) is 2. The van der Waals surface area contributed by atoms with Crippen LogP contribution in [0.4, 0.5) is 0 Å². The molecular weight excluding hydrogens is 192 g/mol. The highest BCUT2D eigenvalue weighted by atomic mass is 16.3. The quantitative estimate of drug-likeness (QED) is 0.710. The van der Waals surface area contributed by atoms with Gasteiger partial charge in [0.05, 0.1) is 12.6 Å². The molecule has 1 amide bonds. The van der Waals surface area contributed by atoms with E-state index in [1.165, 1.54) is 12.8 Å². The zero-order valence-corrected chi connectivity index (χ0v) is 9.86. The maximum Gasteiger partial charge on any atom is 0.237 e. The Morgan fingerprint density at radius 2 is 2.00 bits per heavy atom. The van der Waals surface area contributed by atoms with Gasteiger partial charge in [-0.3, -0.25) is 9.69 Å². The van der Waals surface area contributed by atoms with Crippen molar-refractivity contribution in [1.82, 2.24) is 10.2 Å². The van der Waals surface area contributed by atoms with Crippen molar-refractivity contribution in [2.24, 2.45) is 0 Å². The highest BCUT2D eigenvalue weighted by molar-refractivity contribution is 5.81. The summed E-state index contributed by atoms with van der Waals surface area (Å²) in [6.07, 6.45) is 2.33. The minimum Gasteiger partial charge on any atom is -0.395 e. The minimum atomic E-state index is -0.0935. The number of nitrogens with zero attached hydrogens (tertiary/aromatic N) is 1. The number of rotatable bonds is 4. The summed E-state index contributed by atoms with van der Waals surface area (Å²) in [4.78, 5) is 14.0. The third-order valence-electron chi connectivity index (χ3n) is 3.26. The van der Waals surface area contributed by atoms with Gasteiger partial charge in [0.1, 0.15) is 0 Å². The van der Waals surface area contributed by atoms with Crippen molar-refractivity contribution in [3.63, 3.8) is 0 Å². The van der Waals surface area contributed by atoms with Crippen LogP contribution in [0.2, 0.25) is 0 Å². The van der Waals surface area contributed by atoms with Gasteiger partial charge in [0, 0.05) is 18.6 Å². The molecule has 1 heterocycles. The van der Waals surface area contributed by atoms with Crippen LogP contribution < -0.4 is 5.32 Å². The average Bonchev–Trinajstić information content (AvgIpc) is 2.54. The van der Waals surface area contributed by atoms with Crippen molar-refractivity contribution in [3.05, 3.63) is 0 Å². The van der Waals surface area contributed by atoms with Crippen molar-refractivity contribution in [1.29, 1.82) is 0 Å². The Labute approximate surface area is 91.6 Å². The molecule has 0 radical (unpaired) electrons. The monoisotopic (exact) mass is 214 g/mol. The lowest BCUT2D eigenvalue weighted by Gasteiger charge is -2.31. The molecule has 1 aliphatic heterocycles. The van der Waals surface area contributed by atoms with Gasteiger partial charge in [-0.1, -0.05) is 0 Å². The molecule has 4 nitrogen and oxygen atoms in total. The van der Waals surface area contributed by atoms with E-state index in [2.05, 4.69) is 24.1 Å². The number of carbonyl (C=O) groups excluding carboxylic acids is 1. The van der Waals surface area contributed by atoms with Gasteiger partial charge in [0.2, 0.25) is 5.91 Å². The van der Waals surface area contributed by atoms with Crippen molar-refractivity contribution in [2.75, 3.05) is 13.2 Å². The molecule has 1 rings (SSSR count). The third-order valence-corrected chi connectivity index (χ3v) is 3.26. The van der Waals surface area contributed by atoms with Crippen molar-refractivity contribution in [2.45, 2.75) is 51.7 Å². The molecular formula is C11H22N2O2. The van der Waals surface area contributed by atoms with E-state index in [4.69, 9.17) is 5.11 Å². The molecule has 3 unspecified atom stereocenters. The summed E-state index contributed by atoms with van der Waals surface area (Å²) in [5, 5.41) is 11.4. The highest BCUT2D eigenvalue weighted by Gasteiger charge is 2.33. The smallest absolute Gasteiger partial charge is 0.237 e. The van der Waals surface area contributed by atoms with Crippen LogP contribution in [0.15, 0.2) is 0 Å². The van der Waals surface area contributed by atoms with Crippen LogP contribution in [0.1, 0.15) is 33.6 Å². The number of carbonyl (C=O) groups is 1. The lowest BCUT2D eigenvalue weighted by atomic mass is 10.2. The fourth-order valence-corrected chi connectivity index (χ4v) is 2.44. The van der Waals surface area contributed by atoms with Crippen molar-refractivity contribution < 1.29 is 9.90 Å². The van der Waals surface area contributed by atoms with Crippen LogP contribution in [-0.2, 0) is 4.79 Å². The molecule has 2 N–H and O–H groups in total. The standard InChI is InChI=1S/C11H22N2O2/c1-8-4-5-9(2)13(8)10(3)11(15)12-6-7-14/h8-10,14H,4-7H2,1-3H3,(H,12,15). The van der Waals surface area contributed by atoms with Gasteiger partial charge in [-0.2, -0.15) is 0 Å². The minimum absolute atomic E-state index is 0.00354. The fraction of sp³-hybridized carbons (Fsp3) is 0.909. The van der Waals surface area contributed by atoms with Gasteiger partial charge in [-0.15, -0.1) is 0 Å². The van der Waals surface area contributed by atoms with Crippen molar-refractivity contribution in [3.8, 4) is 0 Å². The van der Waals surface area contributed by atoms with E-state index in [1.807, 2.05) is 6.92 Å². The fourth-order valence-electron chi connectivity index (χ4n) is 2.44. The predicted octanol–water partition coefficient (Wildman–Crippen LogP) is 0.356.